The Morgan fingerprint density at radius 1 is 1.47 bits per heavy atom. The number of hydrogen-bond acceptors (Lipinski definition) is 4. The zero-order chi connectivity index (χ0) is 14.2. The number of nitrogens with zero attached hydrogens (tertiary/aromatic N) is 1. The third kappa shape index (κ3) is 2.76. The van der Waals surface area contributed by atoms with E-state index in [9.17, 15) is 14.7 Å². The fraction of sp³-hybridized carbons (Fsp3) is 0.250. The summed E-state index contributed by atoms with van der Waals surface area (Å²) < 4.78 is 0.802. The van der Waals surface area contributed by atoms with Crippen molar-refractivity contribution in [3.8, 4) is 0 Å². The smallest absolute Gasteiger partial charge is 0.331 e. The Hall–Kier alpha value is -1.47. The maximum Gasteiger partial charge on any atom is 0.331 e. The fourth-order valence-electron chi connectivity index (χ4n) is 1.86. The molecule has 0 aromatic carbocycles. The lowest BCUT2D eigenvalue weighted by Crippen LogP contribution is -2.29. The molecule has 0 radical (unpaired) electrons. The van der Waals surface area contributed by atoms with Crippen molar-refractivity contribution < 1.29 is 19.8 Å². The van der Waals surface area contributed by atoms with Crippen LogP contribution in [-0.4, -0.2) is 27.1 Å². The van der Waals surface area contributed by atoms with Crippen LogP contribution in [0.15, 0.2) is 27.7 Å². The van der Waals surface area contributed by atoms with E-state index in [2.05, 4.69) is 20.9 Å². The standard InChI is InChI=1S/C12H10BrNO4S/c1-12(11(17)18)3-6(2-7(4-12)10(15)16)9-14-5-8(13)19-9/h2-3,5H,4H2,1H3,(H,15,16)(H,17,18). The van der Waals surface area contributed by atoms with Gasteiger partial charge in [-0.2, -0.15) is 0 Å². The predicted molar refractivity (Wildman–Crippen MR) is 73.9 cm³/mol. The first-order valence-corrected chi connectivity index (χ1v) is 6.94. The molecular formula is C12H10BrNO4S. The lowest BCUT2D eigenvalue weighted by atomic mass is 9.78. The van der Waals surface area contributed by atoms with Gasteiger partial charge in [0, 0.05) is 11.1 Å². The monoisotopic (exact) mass is 343 g/mol. The molecule has 19 heavy (non-hydrogen) atoms. The van der Waals surface area contributed by atoms with E-state index in [0.717, 1.165) is 3.79 Å². The predicted octanol–water partition coefficient (Wildman–Crippen LogP) is 2.79. The van der Waals surface area contributed by atoms with Crippen molar-refractivity contribution in [1.29, 1.82) is 0 Å². The number of carboxylic acid groups (broad SMARTS) is 2. The van der Waals surface area contributed by atoms with Crippen molar-refractivity contribution in [2.24, 2.45) is 5.41 Å². The maximum atomic E-state index is 11.3. The molecule has 1 aromatic heterocycles. The van der Waals surface area contributed by atoms with Crippen LogP contribution in [0.2, 0.25) is 0 Å². The van der Waals surface area contributed by atoms with Crippen LogP contribution in [0.1, 0.15) is 18.4 Å². The number of halogens is 1. The molecule has 1 heterocycles. The number of allylic oxidation sites excluding steroid dienone is 2. The lowest BCUT2D eigenvalue weighted by Gasteiger charge is -2.25. The molecular weight excluding hydrogens is 334 g/mol. The normalized spacial score (nSPS) is 22.6. The Morgan fingerprint density at radius 3 is 2.63 bits per heavy atom. The average molecular weight is 344 g/mol. The van der Waals surface area contributed by atoms with E-state index in [0.29, 0.717) is 10.6 Å². The number of carboxylic acids is 2. The molecule has 0 aliphatic heterocycles. The Labute approximate surface area is 121 Å². The van der Waals surface area contributed by atoms with Crippen LogP contribution in [0.25, 0.3) is 5.57 Å². The summed E-state index contributed by atoms with van der Waals surface area (Å²) in [5, 5.41) is 19.0. The largest absolute Gasteiger partial charge is 0.481 e. The Kier molecular flexibility index (Phi) is 3.60. The van der Waals surface area contributed by atoms with E-state index in [-0.39, 0.29) is 12.0 Å². The topological polar surface area (TPSA) is 87.5 Å². The number of rotatable bonds is 3. The summed E-state index contributed by atoms with van der Waals surface area (Å²) >= 11 is 4.60. The molecule has 7 heteroatoms. The van der Waals surface area contributed by atoms with Crippen molar-refractivity contribution in [2.75, 3.05) is 0 Å². The molecule has 0 saturated heterocycles. The van der Waals surface area contributed by atoms with E-state index in [1.807, 2.05) is 0 Å². The van der Waals surface area contributed by atoms with Gasteiger partial charge >= 0.3 is 11.9 Å². The number of aromatic nitrogens is 1. The van der Waals surface area contributed by atoms with Gasteiger partial charge in [0.2, 0.25) is 0 Å². The lowest BCUT2D eigenvalue weighted by molar-refractivity contribution is -0.145. The van der Waals surface area contributed by atoms with Gasteiger partial charge in [-0.1, -0.05) is 6.08 Å². The van der Waals surface area contributed by atoms with Crippen LogP contribution < -0.4 is 0 Å². The van der Waals surface area contributed by atoms with Crippen LogP contribution in [0.5, 0.6) is 0 Å². The van der Waals surface area contributed by atoms with Gasteiger partial charge in [-0.3, -0.25) is 4.79 Å². The van der Waals surface area contributed by atoms with Gasteiger partial charge < -0.3 is 10.2 Å². The van der Waals surface area contributed by atoms with Crippen molar-refractivity contribution in [3.05, 3.63) is 32.7 Å². The summed E-state index contributed by atoms with van der Waals surface area (Å²) in [5.74, 6) is -2.15. The molecule has 0 spiro atoms. The molecule has 0 amide bonds. The molecule has 2 rings (SSSR count). The maximum absolute atomic E-state index is 11.3. The molecule has 0 bridgehead atoms. The SMILES string of the molecule is CC1(C(=O)O)C=C(c2ncc(Br)s2)C=C(C(=O)O)C1. The van der Waals surface area contributed by atoms with E-state index >= 15 is 0 Å². The molecule has 5 nitrogen and oxygen atoms in total. The molecule has 0 saturated carbocycles. The minimum atomic E-state index is -1.23. The van der Waals surface area contributed by atoms with E-state index in [1.54, 1.807) is 12.3 Å². The van der Waals surface area contributed by atoms with Crippen LogP contribution in [0, 0.1) is 5.41 Å². The second-order valence-electron chi connectivity index (χ2n) is 4.44. The third-order valence-corrected chi connectivity index (χ3v) is 4.37. The van der Waals surface area contributed by atoms with Gasteiger partial charge in [-0.05, 0) is 35.4 Å². The van der Waals surface area contributed by atoms with Gasteiger partial charge in [-0.25, -0.2) is 9.78 Å². The summed E-state index contributed by atoms with van der Waals surface area (Å²) in [6.07, 6.45) is 4.61. The molecule has 1 aliphatic carbocycles. The molecule has 0 fully saturated rings. The molecule has 2 N–H and O–H groups in total. The minimum absolute atomic E-state index is 0.0340. The first-order valence-electron chi connectivity index (χ1n) is 5.33. The van der Waals surface area contributed by atoms with Crippen molar-refractivity contribution in [3.63, 3.8) is 0 Å². The summed E-state index contributed by atoms with van der Waals surface area (Å²) in [6, 6.07) is 0. The highest BCUT2D eigenvalue weighted by Crippen LogP contribution is 2.39. The van der Waals surface area contributed by atoms with E-state index < -0.39 is 17.4 Å². The Balaban J connectivity index is 2.52. The van der Waals surface area contributed by atoms with Gasteiger partial charge in [0.25, 0.3) is 0 Å². The second-order valence-corrected chi connectivity index (χ2v) is 6.85. The highest BCUT2D eigenvalue weighted by molar-refractivity contribution is 9.11. The zero-order valence-electron chi connectivity index (χ0n) is 9.88. The zero-order valence-corrected chi connectivity index (χ0v) is 12.3. The third-order valence-electron chi connectivity index (χ3n) is 2.85. The highest BCUT2D eigenvalue weighted by atomic mass is 79.9. The van der Waals surface area contributed by atoms with Crippen molar-refractivity contribution in [2.45, 2.75) is 13.3 Å². The molecule has 1 aliphatic rings. The molecule has 100 valence electrons. The van der Waals surface area contributed by atoms with Crippen LogP contribution in [0.3, 0.4) is 0 Å². The number of thiazole rings is 1. The van der Waals surface area contributed by atoms with Crippen LogP contribution in [0.4, 0.5) is 0 Å². The molecule has 1 aromatic rings. The van der Waals surface area contributed by atoms with Crippen LogP contribution >= 0.6 is 27.3 Å². The Bertz CT molecular complexity index is 619. The van der Waals surface area contributed by atoms with E-state index in [4.69, 9.17) is 5.11 Å². The second kappa shape index (κ2) is 4.90. The highest BCUT2D eigenvalue weighted by Gasteiger charge is 2.37. The summed E-state index contributed by atoms with van der Waals surface area (Å²) in [6.45, 7) is 1.51. The van der Waals surface area contributed by atoms with Crippen molar-refractivity contribution >= 4 is 44.8 Å². The first-order chi connectivity index (χ1) is 8.82. The fourth-order valence-corrected chi connectivity index (χ4v) is 3.05. The van der Waals surface area contributed by atoms with Gasteiger partial charge in [0.15, 0.2) is 0 Å². The quantitative estimate of drug-likeness (QED) is 0.880. The Morgan fingerprint density at radius 2 is 2.16 bits per heavy atom. The van der Waals surface area contributed by atoms with Gasteiger partial charge in [0.05, 0.1) is 15.4 Å². The van der Waals surface area contributed by atoms with E-state index in [1.165, 1.54) is 24.3 Å². The van der Waals surface area contributed by atoms with Crippen molar-refractivity contribution in [1.82, 2.24) is 4.98 Å². The first kappa shape index (κ1) is 14.0. The van der Waals surface area contributed by atoms with Gasteiger partial charge in [0.1, 0.15) is 5.01 Å². The summed E-state index contributed by atoms with van der Waals surface area (Å²) in [5.41, 5.74) is -0.617. The van der Waals surface area contributed by atoms with Gasteiger partial charge in [-0.15, -0.1) is 11.3 Å². The average Bonchev–Trinajstić information content (AvgIpc) is 2.75. The summed E-state index contributed by atoms with van der Waals surface area (Å²) in [7, 11) is 0. The number of aliphatic carboxylic acids is 2. The number of carbonyl (C=O) groups is 2. The number of hydrogen-bond donors (Lipinski definition) is 2. The minimum Gasteiger partial charge on any atom is -0.481 e. The molecule has 1 unspecified atom stereocenters. The summed E-state index contributed by atoms with van der Waals surface area (Å²) in [4.78, 5) is 26.6. The molecule has 1 atom stereocenters. The van der Waals surface area contributed by atoms with Crippen LogP contribution in [-0.2, 0) is 9.59 Å².